The zero-order chi connectivity index (χ0) is 33.1. The van der Waals surface area contributed by atoms with Crippen molar-refractivity contribution in [2.45, 2.75) is 130 Å². The van der Waals surface area contributed by atoms with Crippen LogP contribution in [0.15, 0.2) is 33.0 Å². The van der Waals surface area contributed by atoms with E-state index in [4.69, 9.17) is 9.68 Å². The topological polar surface area (TPSA) is 118 Å². The van der Waals surface area contributed by atoms with Gasteiger partial charge in [0.15, 0.2) is 11.6 Å². The van der Waals surface area contributed by atoms with Gasteiger partial charge in [-0.25, -0.2) is 0 Å². The van der Waals surface area contributed by atoms with Crippen molar-refractivity contribution in [2.75, 3.05) is 24.7 Å². The quantitative estimate of drug-likeness (QED) is 0.111. The predicted molar refractivity (Wildman–Crippen MR) is 187 cm³/mol. The lowest BCUT2D eigenvalue weighted by molar-refractivity contribution is -0.117. The average molecular weight is 655 g/mol. The summed E-state index contributed by atoms with van der Waals surface area (Å²) in [5, 5.41) is 29.9. The first kappa shape index (κ1) is 40.1. The Morgan fingerprint density at radius 1 is 0.705 bits per heavy atom. The normalized spacial score (nSPS) is 21.2. The highest BCUT2D eigenvalue weighted by Crippen LogP contribution is 2.34. The van der Waals surface area contributed by atoms with E-state index in [1.807, 2.05) is 51.2 Å². The van der Waals surface area contributed by atoms with E-state index in [9.17, 15) is 19.8 Å². The predicted octanol–water partition coefficient (Wildman–Crippen LogP) is 9.00. The fraction of sp³-hybridized carbons (Fsp3) is 0.765. The Bertz CT molecular complexity index is 943. The molecule has 2 aliphatic carbocycles. The van der Waals surface area contributed by atoms with Crippen LogP contribution in [0.25, 0.3) is 0 Å². The van der Waals surface area contributed by atoms with Gasteiger partial charge >= 0.3 is 0 Å². The van der Waals surface area contributed by atoms with Crippen LogP contribution in [0, 0.1) is 11.8 Å². The molecular weight excluding hydrogens is 597 g/mol. The van der Waals surface area contributed by atoms with Gasteiger partial charge in [0, 0.05) is 36.2 Å². The van der Waals surface area contributed by atoms with Crippen molar-refractivity contribution in [3.63, 3.8) is 0 Å². The van der Waals surface area contributed by atoms with E-state index in [0.717, 1.165) is 37.2 Å². The van der Waals surface area contributed by atoms with E-state index in [1.165, 1.54) is 0 Å². The Hall–Kier alpha value is -1.94. The molecule has 0 radical (unpaired) electrons. The first-order chi connectivity index (χ1) is 21.1. The number of carbonyl (C=O) groups is 2. The second-order valence-corrected chi connectivity index (χ2v) is 14.9. The fourth-order valence-electron chi connectivity index (χ4n) is 5.77. The van der Waals surface area contributed by atoms with Crippen LogP contribution in [0.3, 0.4) is 0 Å². The van der Waals surface area contributed by atoms with Crippen LogP contribution < -0.4 is 0 Å². The molecule has 0 aromatic heterocycles. The van der Waals surface area contributed by atoms with Crippen LogP contribution in [0.4, 0.5) is 0 Å². The third-order valence-corrected chi connectivity index (χ3v) is 9.63. The van der Waals surface area contributed by atoms with Gasteiger partial charge in [0.25, 0.3) is 0 Å². The van der Waals surface area contributed by atoms with E-state index in [-0.39, 0.29) is 34.9 Å². The van der Waals surface area contributed by atoms with Crippen molar-refractivity contribution in [3.05, 3.63) is 22.7 Å². The lowest BCUT2D eigenvalue weighted by Crippen LogP contribution is -2.26. The van der Waals surface area contributed by atoms with Gasteiger partial charge in [-0.2, -0.15) is 23.5 Å². The molecule has 2 rings (SSSR count). The van der Waals surface area contributed by atoms with Gasteiger partial charge in [-0.1, -0.05) is 64.7 Å². The number of aliphatic hydroxyl groups is 2. The summed E-state index contributed by atoms with van der Waals surface area (Å²) in [5.74, 6) is 3.04. The molecule has 0 aromatic rings. The number of hydrogen-bond donors (Lipinski definition) is 2. The maximum atomic E-state index is 12.5. The monoisotopic (exact) mass is 654 g/mol. The lowest BCUT2D eigenvalue weighted by atomic mass is 9.82. The zero-order valence-corrected chi connectivity index (χ0v) is 30.1. The Balaban J connectivity index is 0.000000440. The van der Waals surface area contributed by atoms with Crippen molar-refractivity contribution >= 4 is 46.5 Å². The molecule has 0 heterocycles. The minimum absolute atomic E-state index is 0.00866. The molecule has 4 atom stereocenters. The Kier molecular flexibility index (Phi) is 20.5. The van der Waals surface area contributed by atoms with E-state index in [0.29, 0.717) is 84.8 Å². The van der Waals surface area contributed by atoms with Crippen LogP contribution in [0.2, 0.25) is 0 Å². The molecule has 0 spiro atoms. The molecule has 0 saturated heterocycles. The number of oxime groups is 2. The molecule has 0 aromatic carbocycles. The molecule has 10 heteroatoms. The van der Waals surface area contributed by atoms with E-state index in [1.54, 1.807) is 0 Å². The summed E-state index contributed by atoms with van der Waals surface area (Å²) in [5.41, 5.74) is 2.01. The van der Waals surface area contributed by atoms with Crippen molar-refractivity contribution < 1.29 is 29.5 Å². The van der Waals surface area contributed by atoms with Gasteiger partial charge in [-0.05, 0) is 62.9 Å². The van der Waals surface area contributed by atoms with Crippen molar-refractivity contribution in [1.82, 2.24) is 0 Å². The van der Waals surface area contributed by atoms with Gasteiger partial charge in [0.1, 0.15) is 24.7 Å². The van der Waals surface area contributed by atoms with Crippen LogP contribution in [-0.4, -0.2) is 68.4 Å². The van der Waals surface area contributed by atoms with E-state index < -0.39 is 0 Å². The van der Waals surface area contributed by atoms with Gasteiger partial charge in [-0.3, -0.25) is 9.59 Å². The molecule has 2 N–H and O–H groups in total. The molecule has 2 aliphatic rings. The number of Topliss-reactive ketones (excluding diaryl/α,β-unsaturated/α-hetero) is 2. The molecule has 0 fully saturated rings. The first-order valence-electron chi connectivity index (χ1n) is 16.6. The summed E-state index contributed by atoms with van der Waals surface area (Å²) >= 11 is 3.80. The van der Waals surface area contributed by atoms with Crippen molar-refractivity contribution in [1.29, 1.82) is 0 Å². The Morgan fingerprint density at radius 2 is 1.07 bits per heavy atom. The minimum atomic E-state index is 0.00866. The number of rotatable bonds is 18. The Labute approximate surface area is 274 Å². The number of thioether (sulfide) groups is 2. The summed E-state index contributed by atoms with van der Waals surface area (Å²) < 4.78 is 0. The van der Waals surface area contributed by atoms with Gasteiger partial charge in [-0.15, -0.1) is 0 Å². The minimum Gasteiger partial charge on any atom is -0.511 e. The average Bonchev–Trinajstić information content (AvgIpc) is 2.94. The number of ketones is 2. The smallest absolute Gasteiger partial charge is 0.168 e. The fourth-order valence-corrected chi connectivity index (χ4v) is 7.72. The third kappa shape index (κ3) is 14.0. The molecule has 44 heavy (non-hydrogen) atoms. The van der Waals surface area contributed by atoms with Gasteiger partial charge in [0.05, 0.1) is 22.6 Å². The number of allylic oxidation sites excluding steroid dienone is 4. The third-order valence-electron chi connectivity index (χ3n) is 7.44. The summed E-state index contributed by atoms with van der Waals surface area (Å²) in [6.07, 6.45) is 7.12. The highest BCUT2D eigenvalue weighted by atomic mass is 32.2. The molecule has 0 aliphatic heterocycles. The van der Waals surface area contributed by atoms with Crippen LogP contribution >= 0.6 is 23.5 Å². The largest absolute Gasteiger partial charge is 0.511 e. The lowest BCUT2D eigenvalue weighted by Gasteiger charge is -2.25. The molecule has 0 amide bonds. The SMILES string of the molecule is CCCC(=NOCC)C1=C(O)CC(CC(C)SCC)CC1=O.CCCC(=NOCC)C1=C(O)CC(CC(C)SCC)CC1=O. The number of aliphatic hydroxyl groups excluding tert-OH is 2. The van der Waals surface area contributed by atoms with Crippen LogP contribution in [0.5, 0.6) is 0 Å². The van der Waals surface area contributed by atoms with E-state index in [2.05, 4.69) is 38.0 Å². The van der Waals surface area contributed by atoms with E-state index >= 15 is 0 Å². The number of nitrogens with zero attached hydrogens (tertiary/aromatic N) is 2. The zero-order valence-electron chi connectivity index (χ0n) is 28.4. The maximum absolute atomic E-state index is 12.5. The summed E-state index contributed by atoms with van der Waals surface area (Å²) in [7, 11) is 0. The molecule has 4 unspecified atom stereocenters. The van der Waals surface area contributed by atoms with Gasteiger partial charge < -0.3 is 19.9 Å². The summed E-state index contributed by atoms with van der Waals surface area (Å²) in [6.45, 7) is 17.3. The second-order valence-electron chi connectivity index (χ2n) is 11.5. The standard InChI is InChI=1S/2C17H29NO3S/c2*1-5-8-14(18-21-6-2)17-15(19)10-13(11-16(17)20)9-12(4)22-7-3/h2*12-13,19H,5-11H2,1-4H3. The molecule has 0 bridgehead atoms. The molecule has 0 saturated carbocycles. The number of hydrogen-bond acceptors (Lipinski definition) is 10. The summed E-state index contributed by atoms with van der Waals surface area (Å²) in [6, 6.07) is 0. The molecular formula is C34H58N2O6S2. The van der Waals surface area contributed by atoms with Crippen LogP contribution in [0.1, 0.15) is 120 Å². The van der Waals surface area contributed by atoms with Crippen molar-refractivity contribution in [2.24, 2.45) is 22.1 Å². The second kappa shape index (κ2) is 22.5. The number of carbonyl (C=O) groups excluding carboxylic acids is 2. The summed E-state index contributed by atoms with van der Waals surface area (Å²) in [4.78, 5) is 35.2. The Morgan fingerprint density at radius 3 is 1.34 bits per heavy atom. The van der Waals surface area contributed by atoms with Crippen LogP contribution in [-0.2, 0) is 19.3 Å². The highest BCUT2D eigenvalue weighted by Gasteiger charge is 2.32. The maximum Gasteiger partial charge on any atom is 0.168 e. The van der Waals surface area contributed by atoms with Crippen molar-refractivity contribution in [3.8, 4) is 0 Å². The highest BCUT2D eigenvalue weighted by molar-refractivity contribution is 8.00. The first-order valence-corrected chi connectivity index (χ1v) is 18.7. The molecule has 8 nitrogen and oxygen atoms in total. The van der Waals surface area contributed by atoms with Gasteiger partial charge in [0.2, 0.25) is 0 Å². The molecule has 252 valence electrons.